The Bertz CT molecular complexity index is 1170. The van der Waals surface area contributed by atoms with Crippen LogP contribution in [0.5, 0.6) is 0 Å². The molecule has 0 aliphatic heterocycles. The van der Waals surface area contributed by atoms with Crippen molar-refractivity contribution < 1.29 is 102 Å². The lowest BCUT2D eigenvalue weighted by molar-refractivity contribution is -0.474. The number of esters is 1. The van der Waals surface area contributed by atoms with Crippen LogP contribution in [-0.2, 0) is 4.74 Å². The van der Waals surface area contributed by atoms with Gasteiger partial charge in [0.1, 0.15) is 0 Å². The molecule has 43 heavy (non-hydrogen) atoms. The van der Waals surface area contributed by atoms with Gasteiger partial charge < -0.3 is 4.74 Å². The predicted octanol–water partition coefficient (Wildman–Crippen LogP) is 8.82. The number of hydrogen-bond acceptors (Lipinski definition) is 2. The van der Waals surface area contributed by atoms with Gasteiger partial charge in [0.2, 0.25) is 0 Å². The molecule has 0 aromatic heterocycles. The predicted molar refractivity (Wildman–Crippen MR) is 96.7 cm³/mol. The first kappa shape index (κ1) is 38.2. The Morgan fingerprint density at radius 2 is 0.907 bits per heavy atom. The van der Waals surface area contributed by atoms with E-state index in [2.05, 4.69) is 4.74 Å². The van der Waals surface area contributed by atoms with Crippen molar-refractivity contribution in [3.8, 4) is 0 Å². The molecule has 0 aliphatic carbocycles. The van der Waals surface area contributed by atoms with Crippen LogP contribution >= 0.6 is 0 Å². The van der Waals surface area contributed by atoms with E-state index < -0.39 is 84.0 Å². The second kappa shape index (κ2) is 10.7. The molecule has 0 saturated carbocycles. The van der Waals surface area contributed by atoms with Crippen LogP contribution in [0.3, 0.4) is 0 Å². The molecule has 0 spiro atoms. The van der Waals surface area contributed by atoms with Crippen LogP contribution in [0.1, 0.15) is 22.3 Å². The van der Waals surface area contributed by atoms with Crippen molar-refractivity contribution in [3.63, 3.8) is 0 Å². The molecule has 1 aromatic carbocycles. The number of aryl methyl sites for hydroxylation is 1. The summed E-state index contributed by atoms with van der Waals surface area (Å²) in [5, 5.41) is 0. The third-order valence-electron chi connectivity index (χ3n) is 5.48. The maximum atomic E-state index is 13.9. The molecular weight excluding hydrogens is 671 g/mol. The molecule has 0 fully saturated rings. The second-order valence-corrected chi connectivity index (χ2v) is 8.55. The SMILES string of the molecule is Cc1cccc(C(=O)OCCC(F)(F)C(F)(F)C(F)(F)C(F)(F)C(F)(F)C(F)(F)C(F)(F)C(F)(F)C(F)(F)C(F)(F)F)c1. The van der Waals surface area contributed by atoms with E-state index in [0.29, 0.717) is 0 Å². The zero-order valence-corrected chi connectivity index (χ0v) is 20.0. The summed E-state index contributed by atoms with van der Waals surface area (Å²) in [5.41, 5.74) is -0.223. The van der Waals surface area contributed by atoms with Gasteiger partial charge in [0.25, 0.3) is 0 Å². The minimum atomic E-state index is -9.22. The smallest absolute Gasteiger partial charge is 0.460 e. The average Bonchev–Trinajstić information content (AvgIpc) is 2.82. The first-order chi connectivity index (χ1) is 18.6. The molecular formula is C20H11F21O2. The Hall–Kier alpha value is -2.78. The summed E-state index contributed by atoms with van der Waals surface area (Å²) in [4.78, 5) is 11.7. The van der Waals surface area contributed by atoms with Gasteiger partial charge in [-0.1, -0.05) is 17.7 Å². The highest BCUT2D eigenvalue weighted by molar-refractivity contribution is 5.89. The molecule has 0 unspecified atom stereocenters. The monoisotopic (exact) mass is 682 g/mol. The van der Waals surface area contributed by atoms with E-state index in [1.165, 1.54) is 13.0 Å². The van der Waals surface area contributed by atoms with Crippen molar-refractivity contribution in [2.45, 2.75) is 72.8 Å². The minimum Gasteiger partial charge on any atom is -0.462 e. The zero-order chi connectivity index (χ0) is 34.7. The van der Waals surface area contributed by atoms with Gasteiger partial charge >= 0.3 is 65.4 Å². The van der Waals surface area contributed by atoms with Crippen molar-refractivity contribution in [2.24, 2.45) is 0 Å². The average molecular weight is 682 g/mol. The summed E-state index contributed by atoms with van der Waals surface area (Å²) in [7, 11) is 0. The molecule has 0 aliphatic rings. The number of benzene rings is 1. The van der Waals surface area contributed by atoms with Crippen LogP contribution in [0.15, 0.2) is 24.3 Å². The van der Waals surface area contributed by atoms with Gasteiger partial charge in [-0.2, -0.15) is 92.2 Å². The molecule has 0 radical (unpaired) electrons. The molecule has 0 atom stereocenters. The van der Waals surface area contributed by atoms with E-state index in [1.807, 2.05) is 0 Å². The molecule has 250 valence electrons. The Balaban J connectivity index is 3.48. The zero-order valence-electron chi connectivity index (χ0n) is 20.0. The Morgan fingerprint density at radius 1 is 0.558 bits per heavy atom. The van der Waals surface area contributed by atoms with E-state index in [1.54, 1.807) is 0 Å². The number of alkyl halides is 21. The molecule has 0 saturated heterocycles. The first-order valence-corrected chi connectivity index (χ1v) is 10.3. The molecule has 0 N–H and O–H groups in total. The fraction of sp³-hybridized carbons (Fsp3) is 0.650. The number of carbonyl (C=O) groups excluding carboxylic acids is 1. The summed E-state index contributed by atoms with van der Waals surface area (Å²) in [5.74, 6) is -79.2. The van der Waals surface area contributed by atoms with Crippen LogP contribution in [0.2, 0.25) is 0 Å². The van der Waals surface area contributed by atoms with E-state index >= 15 is 0 Å². The van der Waals surface area contributed by atoms with Gasteiger partial charge in [-0.25, -0.2) is 4.79 Å². The molecule has 1 aromatic rings. The molecule has 0 amide bonds. The van der Waals surface area contributed by atoms with Crippen molar-refractivity contribution >= 4 is 5.97 Å². The Kier molecular flexibility index (Phi) is 9.50. The topological polar surface area (TPSA) is 26.3 Å². The van der Waals surface area contributed by atoms with Crippen LogP contribution in [0.4, 0.5) is 92.2 Å². The summed E-state index contributed by atoms with van der Waals surface area (Å²) < 4.78 is 284. The lowest BCUT2D eigenvalue weighted by Crippen LogP contribution is -2.76. The standard InChI is InChI=1S/C20H11F21O2/c1-8-3-2-4-9(7-8)10(42)43-6-5-11(21,22)12(23,24)13(25,26)14(27,28)15(29,30)16(31,32)17(33,34)18(35,36)19(37,38)20(39,40)41/h2-4,7H,5-6H2,1H3. The fourth-order valence-corrected chi connectivity index (χ4v) is 2.87. The lowest BCUT2D eigenvalue weighted by Gasteiger charge is -2.44. The number of halogens is 21. The first-order valence-electron chi connectivity index (χ1n) is 10.3. The number of rotatable bonds is 12. The van der Waals surface area contributed by atoms with E-state index in [4.69, 9.17) is 0 Å². The second-order valence-electron chi connectivity index (χ2n) is 8.55. The largest absolute Gasteiger partial charge is 0.462 e. The molecule has 0 heterocycles. The van der Waals surface area contributed by atoms with Gasteiger partial charge in [-0.05, 0) is 19.1 Å². The maximum Gasteiger partial charge on any atom is 0.460 e. The van der Waals surface area contributed by atoms with Crippen molar-refractivity contribution in [2.75, 3.05) is 6.61 Å². The molecule has 2 nitrogen and oxygen atoms in total. The van der Waals surface area contributed by atoms with Crippen LogP contribution < -0.4 is 0 Å². The highest BCUT2D eigenvalue weighted by atomic mass is 19.4. The van der Waals surface area contributed by atoms with Crippen LogP contribution in [-0.4, -0.2) is 72.1 Å². The normalized spacial score (nSPS) is 15.5. The van der Waals surface area contributed by atoms with Crippen molar-refractivity contribution in [1.29, 1.82) is 0 Å². The maximum absolute atomic E-state index is 13.9. The quantitative estimate of drug-likeness (QED) is 0.163. The van der Waals surface area contributed by atoms with Gasteiger partial charge in [0.05, 0.1) is 18.6 Å². The summed E-state index contributed by atoms with van der Waals surface area (Å²) in [6, 6.07) is 4.35. The van der Waals surface area contributed by atoms with Gasteiger partial charge in [0, 0.05) is 0 Å². The third kappa shape index (κ3) is 5.52. The number of ether oxygens (including phenoxy) is 1. The highest BCUT2D eigenvalue weighted by Gasteiger charge is 2.97. The number of carbonyl (C=O) groups is 1. The summed E-state index contributed by atoms with van der Waals surface area (Å²) >= 11 is 0. The van der Waals surface area contributed by atoms with E-state index in [-0.39, 0.29) is 5.56 Å². The fourth-order valence-electron chi connectivity index (χ4n) is 2.87. The van der Waals surface area contributed by atoms with Crippen LogP contribution in [0, 0.1) is 6.92 Å². The van der Waals surface area contributed by atoms with Gasteiger partial charge in [-0.15, -0.1) is 0 Å². The van der Waals surface area contributed by atoms with Crippen LogP contribution in [0.25, 0.3) is 0 Å². The minimum absolute atomic E-state index is 0.288. The summed E-state index contributed by atoms with van der Waals surface area (Å²) in [6.45, 7) is -0.799. The van der Waals surface area contributed by atoms with Gasteiger partial charge in [-0.3, -0.25) is 0 Å². The van der Waals surface area contributed by atoms with Gasteiger partial charge in [0.15, 0.2) is 0 Å². The molecule has 23 heteroatoms. The highest BCUT2D eigenvalue weighted by Crippen LogP contribution is 2.66. The van der Waals surface area contributed by atoms with Crippen molar-refractivity contribution in [3.05, 3.63) is 35.4 Å². The third-order valence-corrected chi connectivity index (χ3v) is 5.48. The molecule has 1 rings (SSSR count). The van der Waals surface area contributed by atoms with E-state index in [9.17, 15) is 97.0 Å². The molecule has 0 bridgehead atoms. The number of hydrogen-bond donors (Lipinski definition) is 0. The lowest BCUT2D eigenvalue weighted by atomic mass is 9.86. The Morgan fingerprint density at radius 3 is 1.26 bits per heavy atom. The van der Waals surface area contributed by atoms with E-state index in [0.717, 1.165) is 18.2 Å². The Labute approximate surface area is 223 Å². The van der Waals surface area contributed by atoms with Crippen molar-refractivity contribution in [1.82, 2.24) is 0 Å². The summed E-state index contributed by atoms with van der Waals surface area (Å²) in [6.07, 6.45) is -11.0.